The summed E-state index contributed by atoms with van der Waals surface area (Å²) < 4.78 is 5.03. The highest BCUT2D eigenvalue weighted by molar-refractivity contribution is 6.00. The molecule has 0 aliphatic carbocycles. The van der Waals surface area contributed by atoms with Gasteiger partial charge >= 0.3 is 5.97 Å². The SMILES string of the molecule is CCc1ccc(C(=O)COC(=O)c2ccc(C(C)=O)cc2)cc1. The van der Waals surface area contributed by atoms with E-state index >= 15 is 0 Å². The number of esters is 1. The van der Waals surface area contributed by atoms with Crippen molar-refractivity contribution in [1.82, 2.24) is 0 Å². The van der Waals surface area contributed by atoms with Gasteiger partial charge in [0.05, 0.1) is 5.56 Å². The fraction of sp³-hybridized carbons (Fsp3) is 0.211. The van der Waals surface area contributed by atoms with Gasteiger partial charge in [-0.25, -0.2) is 4.79 Å². The molecule has 23 heavy (non-hydrogen) atoms. The third-order valence-corrected chi connectivity index (χ3v) is 3.55. The molecular weight excluding hydrogens is 292 g/mol. The summed E-state index contributed by atoms with van der Waals surface area (Å²) in [7, 11) is 0. The normalized spacial score (nSPS) is 10.2. The molecule has 0 amide bonds. The maximum Gasteiger partial charge on any atom is 0.338 e. The predicted molar refractivity (Wildman–Crippen MR) is 86.9 cm³/mol. The molecule has 2 rings (SSSR count). The van der Waals surface area contributed by atoms with Gasteiger partial charge in [-0.1, -0.05) is 43.3 Å². The number of carbonyl (C=O) groups excluding carboxylic acids is 3. The van der Waals surface area contributed by atoms with Crippen molar-refractivity contribution in [3.63, 3.8) is 0 Å². The van der Waals surface area contributed by atoms with Crippen molar-refractivity contribution >= 4 is 17.5 Å². The van der Waals surface area contributed by atoms with Gasteiger partial charge in [0, 0.05) is 11.1 Å². The summed E-state index contributed by atoms with van der Waals surface area (Å²) >= 11 is 0. The lowest BCUT2D eigenvalue weighted by atomic mass is 10.1. The van der Waals surface area contributed by atoms with E-state index in [1.807, 2.05) is 19.1 Å². The van der Waals surface area contributed by atoms with Crippen LogP contribution in [-0.2, 0) is 11.2 Å². The van der Waals surface area contributed by atoms with Gasteiger partial charge in [0.2, 0.25) is 0 Å². The summed E-state index contributed by atoms with van der Waals surface area (Å²) in [5.74, 6) is -0.907. The van der Waals surface area contributed by atoms with Crippen LogP contribution in [0.25, 0.3) is 0 Å². The van der Waals surface area contributed by atoms with E-state index in [-0.39, 0.29) is 18.2 Å². The van der Waals surface area contributed by atoms with Crippen LogP contribution in [0.4, 0.5) is 0 Å². The van der Waals surface area contributed by atoms with Gasteiger partial charge in [0.15, 0.2) is 18.2 Å². The average molecular weight is 310 g/mol. The molecule has 0 radical (unpaired) electrons. The first-order valence-electron chi connectivity index (χ1n) is 7.41. The van der Waals surface area contributed by atoms with Crippen molar-refractivity contribution < 1.29 is 19.1 Å². The standard InChI is InChI=1S/C19H18O4/c1-3-14-4-6-16(7-5-14)18(21)12-23-19(22)17-10-8-15(9-11-17)13(2)20/h4-11H,3,12H2,1-2H3. The number of hydrogen-bond acceptors (Lipinski definition) is 4. The molecule has 0 aliphatic rings. The van der Waals surface area contributed by atoms with Gasteiger partial charge in [-0.05, 0) is 31.0 Å². The summed E-state index contributed by atoms with van der Waals surface area (Å²) in [5.41, 5.74) is 2.49. The van der Waals surface area contributed by atoms with Crippen LogP contribution in [0.1, 0.15) is 50.5 Å². The predicted octanol–water partition coefficient (Wildman–Crippen LogP) is 3.49. The van der Waals surface area contributed by atoms with E-state index in [1.54, 1.807) is 24.3 Å². The summed E-state index contributed by atoms with van der Waals surface area (Å²) in [6, 6.07) is 13.4. The number of benzene rings is 2. The van der Waals surface area contributed by atoms with E-state index in [4.69, 9.17) is 4.74 Å². The Kier molecular flexibility index (Phi) is 5.41. The monoisotopic (exact) mass is 310 g/mol. The van der Waals surface area contributed by atoms with Crippen LogP contribution in [0.5, 0.6) is 0 Å². The topological polar surface area (TPSA) is 60.4 Å². The summed E-state index contributed by atoms with van der Waals surface area (Å²) in [5, 5.41) is 0. The van der Waals surface area contributed by atoms with Crippen LogP contribution in [-0.4, -0.2) is 24.1 Å². The van der Waals surface area contributed by atoms with E-state index in [0.717, 1.165) is 12.0 Å². The minimum Gasteiger partial charge on any atom is -0.454 e. The molecule has 0 spiro atoms. The van der Waals surface area contributed by atoms with Crippen LogP contribution in [0.2, 0.25) is 0 Å². The lowest BCUT2D eigenvalue weighted by molar-refractivity contribution is 0.0474. The van der Waals surface area contributed by atoms with E-state index < -0.39 is 5.97 Å². The molecule has 0 heterocycles. The van der Waals surface area contributed by atoms with Crippen molar-refractivity contribution in [3.8, 4) is 0 Å². The highest BCUT2D eigenvalue weighted by Gasteiger charge is 2.12. The first-order chi connectivity index (χ1) is 11.0. The van der Waals surface area contributed by atoms with Crippen molar-refractivity contribution in [2.45, 2.75) is 20.3 Å². The smallest absolute Gasteiger partial charge is 0.338 e. The van der Waals surface area contributed by atoms with Crippen LogP contribution >= 0.6 is 0 Å². The molecule has 0 aromatic heterocycles. The second-order valence-electron chi connectivity index (χ2n) is 5.18. The molecule has 0 bridgehead atoms. The van der Waals surface area contributed by atoms with Crippen molar-refractivity contribution in [3.05, 3.63) is 70.8 Å². The summed E-state index contributed by atoms with van der Waals surface area (Å²) in [4.78, 5) is 35.1. The van der Waals surface area contributed by atoms with Gasteiger partial charge in [0.1, 0.15) is 0 Å². The molecule has 4 nitrogen and oxygen atoms in total. The van der Waals surface area contributed by atoms with Crippen molar-refractivity contribution in [1.29, 1.82) is 0 Å². The first-order valence-corrected chi connectivity index (χ1v) is 7.41. The molecule has 0 unspecified atom stereocenters. The molecule has 0 saturated heterocycles. The minimum absolute atomic E-state index is 0.0735. The largest absolute Gasteiger partial charge is 0.454 e. The maximum atomic E-state index is 12.0. The van der Waals surface area contributed by atoms with E-state index in [0.29, 0.717) is 16.7 Å². The number of Topliss-reactive ketones (excluding diaryl/α,β-unsaturated/α-hetero) is 2. The van der Waals surface area contributed by atoms with Gasteiger partial charge in [-0.3, -0.25) is 9.59 Å². The zero-order valence-electron chi connectivity index (χ0n) is 13.2. The number of ketones is 2. The lowest BCUT2D eigenvalue weighted by Gasteiger charge is -2.05. The molecule has 118 valence electrons. The van der Waals surface area contributed by atoms with E-state index in [2.05, 4.69) is 0 Å². The molecular formula is C19H18O4. The third-order valence-electron chi connectivity index (χ3n) is 3.55. The fourth-order valence-corrected chi connectivity index (χ4v) is 2.07. The Hall–Kier alpha value is -2.75. The molecule has 0 atom stereocenters. The Balaban J connectivity index is 1.94. The molecule has 2 aromatic rings. The Morgan fingerprint density at radius 1 is 0.826 bits per heavy atom. The van der Waals surface area contributed by atoms with Gasteiger partial charge in [-0.15, -0.1) is 0 Å². The second-order valence-corrected chi connectivity index (χ2v) is 5.18. The zero-order chi connectivity index (χ0) is 16.8. The maximum absolute atomic E-state index is 12.0. The summed E-state index contributed by atoms with van der Waals surface area (Å²) in [6.07, 6.45) is 0.902. The van der Waals surface area contributed by atoms with Crippen LogP contribution in [0.15, 0.2) is 48.5 Å². The van der Waals surface area contributed by atoms with Crippen LogP contribution in [0.3, 0.4) is 0 Å². The third kappa shape index (κ3) is 4.36. The van der Waals surface area contributed by atoms with Crippen molar-refractivity contribution in [2.75, 3.05) is 6.61 Å². The Bertz CT molecular complexity index is 712. The fourth-order valence-electron chi connectivity index (χ4n) is 2.07. The Morgan fingerprint density at radius 3 is 1.87 bits per heavy atom. The molecule has 2 aromatic carbocycles. The van der Waals surface area contributed by atoms with Gasteiger partial charge in [0.25, 0.3) is 0 Å². The lowest BCUT2D eigenvalue weighted by Crippen LogP contribution is -2.14. The van der Waals surface area contributed by atoms with Gasteiger partial charge in [-0.2, -0.15) is 0 Å². The number of carbonyl (C=O) groups is 3. The van der Waals surface area contributed by atoms with Gasteiger partial charge < -0.3 is 4.74 Å². The number of aryl methyl sites for hydroxylation is 1. The zero-order valence-corrected chi connectivity index (χ0v) is 13.2. The molecule has 4 heteroatoms. The average Bonchev–Trinajstić information content (AvgIpc) is 2.59. The highest BCUT2D eigenvalue weighted by atomic mass is 16.5. The van der Waals surface area contributed by atoms with E-state index in [1.165, 1.54) is 19.1 Å². The van der Waals surface area contributed by atoms with E-state index in [9.17, 15) is 14.4 Å². The molecule has 0 fully saturated rings. The molecule has 0 N–H and O–H groups in total. The number of rotatable bonds is 6. The first kappa shape index (κ1) is 16.6. The quantitative estimate of drug-likeness (QED) is 0.605. The van der Waals surface area contributed by atoms with Crippen LogP contribution < -0.4 is 0 Å². The number of hydrogen-bond donors (Lipinski definition) is 0. The van der Waals surface area contributed by atoms with Crippen molar-refractivity contribution in [2.24, 2.45) is 0 Å². The highest BCUT2D eigenvalue weighted by Crippen LogP contribution is 2.09. The molecule has 0 saturated carbocycles. The summed E-state index contributed by atoms with van der Waals surface area (Å²) in [6.45, 7) is 3.19. The Labute approximate surface area is 135 Å². The minimum atomic E-state index is -0.585. The second kappa shape index (κ2) is 7.49. The van der Waals surface area contributed by atoms with Crippen LogP contribution in [0, 0.1) is 0 Å². The number of ether oxygens (including phenoxy) is 1. The molecule has 0 aliphatic heterocycles. The Morgan fingerprint density at radius 2 is 1.35 bits per heavy atom.